The van der Waals surface area contributed by atoms with Crippen molar-refractivity contribution >= 4 is 12.2 Å². The molecular formula is C19H29N3O4. The number of nitrogens with zero attached hydrogens (tertiary/aromatic N) is 2. The molecule has 0 spiro atoms. The van der Waals surface area contributed by atoms with Crippen molar-refractivity contribution in [1.82, 2.24) is 15.2 Å². The zero-order valence-corrected chi connectivity index (χ0v) is 15.8. The maximum absolute atomic E-state index is 11.9. The number of carbonyl (C=O) groups excluding carboxylic acids is 1. The molecule has 0 radical (unpaired) electrons. The summed E-state index contributed by atoms with van der Waals surface area (Å²) >= 11 is 0. The number of amides is 1. The van der Waals surface area contributed by atoms with Crippen LogP contribution in [0, 0.1) is 0 Å². The summed E-state index contributed by atoms with van der Waals surface area (Å²) in [6.07, 6.45) is 9.03. The average molecular weight is 363 g/mol. The number of hydrogen-bond donors (Lipinski definition) is 1. The van der Waals surface area contributed by atoms with Crippen molar-refractivity contribution in [2.45, 2.75) is 31.9 Å². The van der Waals surface area contributed by atoms with Crippen molar-refractivity contribution in [2.75, 3.05) is 40.5 Å². The number of ether oxygens (including phenoxy) is 3. The zero-order chi connectivity index (χ0) is 18.8. The molecule has 7 heteroatoms. The number of methoxy groups -OCH3 is 1. The Morgan fingerprint density at radius 3 is 3.08 bits per heavy atom. The third kappa shape index (κ3) is 6.65. The summed E-state index contributed by atoms with van der Waals surface area (Å²) in [7, 11) is 3.53. The Balaban J connectivity index is 1.82. The average Bonchev–Trinajstić information content (AvgIpc) is 3.10. The molecule has 144 valence electrons. The van der Waals surface area contributed by atoms with E-state index in [2.05, 4.69) is 23.3 Å². The van der Waals surface area contributed by atoms with Crippen LogP contribution in [-0.4, -0.2) is 68.6 Å². The van der Waals surface area contributed by atoms with Crippen LogP contribution in [0.3, 0.4) is 0 Å². The normalized spacial score (nSPS) is 18.3. The number of likely N-dealkylation sites (tertiary alicyclic amines) is 1. The second-order valence-electron chi connectivity index (χ2n) is 6.36. The fraction of sp³-hybridized carbons (Fsp3) is 0.579. The van der Waals surface area contributed by atoms with E-state index in [0.29, 0.717) is 31.5 Å². The first-order chi connectivity index (χ1) is 12.6. The third-order valence-corrected chi connectivity index (χ3v) is 4.25. The lowest BCUT2D eigenvalue weighted by atomic mass is 10.2. The molecule has 0 unspecified atom stereocenters. The maximum Gasteiger partial charge on any atom is 0.409 e. The van der Waals surface area contributed by atoms with Crippen LogP contribution >= 0.6 is 0 Å². The summed E-state index contributed by atoms with van der Waals surface area (Å²) in [6.45, 7) is 3.95. The molecule has 0 saturated carbocycles. The van der Waals surface area contributed by atoms with Crippen LogP contribution in [0.25, 0.3) is 6.08 Å². The third-order valence-electron chi connectivity index (χ3n) is 4.25. The molecule has 1 amide bonds. The molecule has 1 saturated heterocycles. The van der Waals surface area contributed by atoms with E-state index in [-0.39, 0.29) is 18.8 Å². The van der Waals surface area contributed by atoms with Gasteiger partial charge in [-0.1, -0.05) is 12.2 Å². The van der Waals surface area contributed by atoms with Gasteiger partial charge in [-0.25, -0.2) is 4.79 Å². The highest BCUT2D eigenvalue weighted by Gasteiger charge is 2.28. The van der Waals surface area contributed by atoms with E-state index in [0.717, 1.165) is 18.4 Å². The lowest BCUT2D eigenvalue weighted by Gasteiger charge is -2.17. The lowest BCUT2D eigenvalue weighted by Crippen LogP contribution is -2.32. The summed E-state index contributed by atoms with van der Waals surface area (Å²) < 4.78 is 16.0. The Hall–Kier alpha value is -2.12. The van der Waals surface area contributed by atoms with E-state index in [9.17, 15) is 4.79 Å². The molecule has 1 N–H and O–H groups in total. The van der Waals surface area contributed by atoms with Gasteiger partial charge in [-0.2, -0.15) is 0 Å². The number of pyridine rings is 1. The molecule has 0 aliphatic carbocycles. The highest BCUT2D eigenvalue weighted by molar-refractivity contribution is 5.68. The monoisotopic (exact) mass is 363 g/mol. The van der Waals surface area contributed by atoms with E-state index < -0.39 is 0 Å². The minimum Gasteiger partial charge on any atom is -0.487 e. The van der Waals surface area contributed by atoms with Crippen molar-refractivity contribution < 1.29 is 19.0 Å². The second-order valence-corrected chi connectivity index (χ2v) is 6.36. The molecule has 1 aromatic rings. The lowest BCUT2D eigenvalue weighted by molar-refractivity contribution is 0.0741. The Morgan fingerprint density at radius 2 is 2.31 bits per heavy atom. The quantitative estimate of drug-likeness (QED) is 0.679. The van der Waals surface area contributed by atoms with Crippen LogP contribution in [0.2, 0.25) is 0 Å². The van der Waals surface area contributed by atoms with Gasteiger partial charge >= 0.3 is 6.09 Å². The minimum atomic E-state index is -0.318. The molecule has 26 heavy (non-hydrogen) atoms. The summed E-state index contributed by atoms with van der Waals surface area (Å²) in [5, 5.41) is 3.20. The van der Waals surface area contributed by atoms with Crippen LogP contribution in [0.15, 0.2) is 24.5 Å². The fourth-order valence-corrected chi connectivity index (χ4v) is 2.60. The Labute approximate surface area is 155 Å². The number of rotatable bonds is 9. The number of carbonyl (C=O) groups is 1. The van der Waals surface area contributed by atoms with Crippen LogP contribution in [0.5, 0.6) is 5.75 Å². The molecule has 0 aromatic carbocycles. The van der Waals surface area contributed by atoms with Gasteiger partial charge in [0.1, 0.15) is 18.5 Å². The highest BCUT2D eigenvalue weighted by Crippen LogP contribution is 2.20. The number of aromatic nitrogens is 1. The van der Waals surface area contributed by atoms with Crippen LogP contribution in [0.4, 0.5) is 4.79 Å². The summed E-state index contributed by atoms with van der Waals surface area (Å²) in [4.78, 5) is 17.8. The van der Waals surface area contributed by atoms with Crippen molar-refractivity contribution in [1.29, 1.82) is 0 Å². The van der Waals surface area contributed by atoms with Crippen LogP contribution in [-0.2, 0) is 9.47 Å². The van der Waals surface area contributed by atoms with E-state index in [1.807, 2.05) is 25.4 Å². The van der Waals surface area contributed by atoms with Gasteiger partial charge in [-0.3, -0.25) is 4.98 Å². The Morgan fingerprint density at radius 1 is 1.46 bits per heavy atom. The molecule has 1 aromatic heterocycles. The first-order valence-electron chi connectivity index (χ1n) is 8.98. The van der Waals surface area contributed by atoms with E-state index in [4.69, 9.17) is 14.2 Å². The van der Waals surface area contributed by atoms with E-state index >= 15 is 0 Å². The van der Waals surface area contributed by atoms with Gasteiger partial charge in [0, 0.05) is 32.3 Å². The van der Waals surface area contributed by atoms with Gasteiger partial charge in [0.15, 0.2) is 0 Å². The van der Waals surface area contributed by atoms with Crippen molar-refractivity contribution in [2.24, 2.45) is 0 Å². The second kappa shape index (κ2) is 10.8. The molecule has 7 nitrogen and oxygen atoms in total. The van der Waals surface area contributed by atoms with Crippen molar-refractivity contribution in [3.05, 3.63) is 30.1 Å². The zero-order valence-electron chi connectivity index (χ0n) is 15.8. The molecule has 2 heterocycles. The predicted octanol–water partition coefficient (Wildman–Crippen LogP) is 2.33. The molecule has 1 fully saturated rings. The van der Waals surface area contributed by atoms with Crippen molar-refractivity contribution in [3.8, 4) is 5.75 Å². The Bertz CT molecular complexity index is 594. The number of nitrogens with one attached hydrogen (secondary N) is 1. The first kappa shape index (κ1) is 20.2. The van der Waals surface area contributed by atoms with Gasteiger partial charge in [0.05, 0.1) is 19.3 Å². The van der Waals surface area contributed by atoms with Gasteiger partial charge in [-0.15, -0.1) is 0 Å². The molecule has 2 rings (SSSR count). The molecule has 1 aliphatic rings. The van der Waals surface area contributed by atoms with Gasteiger partial charge in [0.25, 0.3) is 0 Å². The smallest absolute Gasteiger partial charge is 0.409 e. The summed E-state index contributed by atoms with van der Waals surface area (Å²) in [6, 6.07) is 2.40. The fourth-order valence-electron chi connectivity index (χ4n) is 2.60. The first-order valence-corrected chi connectivity index (χ1v) is 8.98. The van der Waals surface area contributed by atoms with Crippen LogP contribution < -0.4 is 10.1 Å². The minimum absolute atomic E-state index is 0.0460. The van der Waals surface area contributed by atoms with Crippen molar-refractivity contribution in [3.63, 3.8) is 0 Å². The molecule has 2 atom stereocenters. The highest BCUT2D eigenvalue weighted by atomic mass is 16.6. The SMILES string of the molecule is CN[C@@H](C)C/C=C/c1cncc(O[C@@H]2CCN(C(=O)OCCOC)C2)c1. The predicted molar refractivity (Wildman–Crippen MR) is 100 cm³/mol. The van der Waals surface area contributed by atoms with Gasteiger partial charge in [0.2, 0.25) is 0 Å². The van der Waals surface area contributed by atoms with E-state index in [1.165, 1.54) is 0 Å². The molecular weight excluding hydrogens is 334 g/mol. The number of hydrogen-bond acceptors (Lipinski definition) is 6. The van der Waals surface area contributed by atoms with Gasteiger partial charge in [-0.05, 0) is 32.0 Å². The standard InChI is InChI=1S/C19H29N3O4/c1-15(20-2)5-4-6-16-11-18(13-21-12-16)26-17-7-8-22(14-17)19(23)25-10-9-24-3/h4,6,11-13,15,17,20H,5,7-10,14H2,1-3H3/b6-4+/t15-,17+/m0/s1. The largest absolute Gasteiger partial charge is 0.487 e. The summed E-state index contributed by atoms with van der Waals surface area (Å²) in [5.74, 6) is 0.716. The Kier molecular flexibility index (Phi) is 8.37. The van der Waals surface area contributed by atoms with Gasteiger partial charge < -0.3 is 24.4 Å². The topological polar surface area (TPSA) is 72.9 Å². The maximum atomic E-state index is 11.9. The summed E-state index contributed by atoms with van der Waals surface area (Å²) in [5.41, 5.74) is 1.000. The molecule has 0 bridgehead atoms. The van der Waals surface area contributed by atoms with Crippen LogP contribution in [0.1, 0.15) is 25.3 Å². The molecule has 1 aliphatic heterocycles. The van der Waals surface area contributed by atoms with E-state index in [1.54, 1.807) is 18.2 Å².